The van der Waals surface area contributed by atoms with Gasteiger partial charge >= 0.3 is 0 Å². The number of nitro groups is 1. The number of hydrogen-bond donors (Lipinski definition) is 1. The van der Waals surface area contributed by atoms with Crippen molar-refractivity contribution >= 4 is 17.3 Å². The Morgan fingerprint density at radius 1 is 1.38 bits per heavy atom. The van der Waals surface area contributed by atoms with Gasteiger partial charge in [0.15, 0.2) is 0 Å². The molecule has 8 nitrogen and oxygen atoms in total. The number of anilines is 1. The molecule has 0 fully saturated rings. The molecule has 0 saturated heterocycles. The van der Waals surface area contributed by atoms with E-state index in [9.17, 15) is 19.7 Å². The lowest BCUT2D eigenvalue weighted by molar-refractivity contribution is -0.384. The first-order chi connectivity index (χ1) is 11.3. The van der Waals surface area contributed by atoms with Gasteiger partial charge in [-0.3, -0.25) is 24.3 Å². The van der Waals surface area contributed by atoms with Gasteiger partial charge in [-0.05, 0) is 24.5 Å². The fourth-order valence-corrected chi connectivity index (χ4v) is 2.12. The molecule has 0 radical (unpaired) electrons. The predicted molar refractivity (Wildman–Crippen MR) is 89.0 cm³/mol. The maximum Gasteiger partial charge on any atom is 0.269 e. The van der Waals surface area contributed by atoms with Gasteiger partial charge in [0.25, 0.3) is 11.2 Å². The lowest BCUT2D eigenvalue weighted by Crippen LogP contribution is -2.28. The molecule has 0 bridgehead atoms. The van der Waals surface area contributed by atoms with Crippen LogP contribution in [0, 0.1) is 17.0 Å². The molecule has 8 heteroatoms. The molecule has 1 heterocycles. The number of non-ortho nitro benzene ring substituents is 1. The molecule has 0 aliphatic rings. The number of hydrogen-bond acceptors (Lipinski definition) is 5. The Morgan fingerprint density at radius 3 is 2.62 bits per heavy atom. The van der Waals surface area contributed by atoms with Gasteiger partial charge in [-0.1, -0.05) is 13.8 Å². The Balaban J connectivity index is 2.11. The van der Waals surface area contributed by atoms with Crippen molar-refractivity contribution in [2.75, 3.05) is 5.32 Å². The normalized spacial score (nSPS) is 10.7. The molecule has 2 rings (SSSR count). The highest BCUT2D eigenvalue weighted by atomic mass is 16.6. The van der Waals surface area contributed by atoms with Gasteiger partial charge in [-0.15, -0.1) is 0 Å². The van der Waals surface area contributed by atoms with Crippen LogP contribution < -0.4 is 10.9 Å². The molecule has 24 heavy (non-hydrogen) atoms. The third-order valence-electron chi connectivity index (χ3n) is 3.50. The van der Waals surface area contributed by atoms with Gasteiger partial charge in [0.05, 0.1) is 16.9 Å². The third-order valence-corrected chi connectivity index (χ3v) is 3.50. The zero-order chi connectivity index (χ0) is 17.9. The minimum Gasteiger partial charge on any atom is -0.324 e. The summed E-state index contributed by atoms with van der Waals surface area (Å²) in [6.07, 6.45) is 1.35. The highest BCUT2D eigenvalue weighted by Crippen LogP contribution is 2.21. The second-order valence-electron chi connectivity index (χ2n) is 5.74. The highest BCUT2D eigenvalue weighted by molar-refractivity contribution is 5.91. The lowest BCUT2D eigenvalue weighted by Gasteiger charge is -2.10. The van der Waals surface area contributed by atoms with Gasteiger partial charge in [0.1, 0.15) is 6.54 Å². The van der Waals surface area contributed by atoms with Crippen LogP contribution in [0.1, 0.15) is 31.0 Å². The van der Waals surface area contributed by atoms with Crippen molar-refractivity contribution in [1.29, 1.82) is 0 Å². The van der Waals surface area contributed by atoms with E-state index < -0.39 is 10.8 Å². The fraction of sp³-hybridized carbons (Fsp3) is 0.312. The van der Waals surface area contributed by atoms with E-state index in [0.29, 0.717) is 16.9 Å². The van der Waals surface area contributed by atoms with Crippen LogP contribution in [-0.4, -0.2) is 20.4 Å². The summed E-state index contributed by atoms with van der Waals surface area (Å²) in [4.78, 5) is 38.4. The van der Waals surface area contributed by atoms with Crippen LogP contribution in [0.2, 0.25) is 0 Å². The molecule has 1 amide bonds. The minimum absolute atomic E-state index is 0.0461. The summed E-state index contributed by atoms with van der Waals surface area (Å²) in [5.74, 6) is -0.280. The van der Waals surface area contributed by atoms with E-state index in [2.05, 4.69) is 10.3 Å². The van der Waals surface area contributed by atoms with Crippen LogP contribution in [0.25, 0.3) is 0 Å². The van der Waals surface area contributed by atoms with E-state index in [4.69, 9.17) is 0 Å². The van der Waals surface area contributed by atoms with Gasteiger partial charge in [-0.25, -0.2) is 4.98 Å². The van der Waals surface area contributed by atoms with Gasteiger partial charge in [0.2, 0.25) is 5.91 Å². The number of nitro benzene ring substituents is 1. The van der Waals surface area contributed by atoms with Crippen molar-refractivity contribution in [1.82, 2.24) is 9.55 Å². The maximum atomic E-state index is 12.1. The fourth-order valence-electron chi connectivity index (χ4n) is 2.12. The van der Waals surface area contributed by atoms with E-state index in [1.807, 2.05) is 13.8 Å². The quantitative estimate of drug-likeness (QED) is 0.668. The number of carbonyl (C=O) groups excluding carboxylic acids is 1. The van der Waals surface area contributed by atoms with E-state index in [1.54, 1.807) is 6.92 Å². The number of aryl methyl sites for hydroxylation is 1. The molecule has 1 aromatic heterocycles. The molecule has 0 atom stereocenters. The zero-order valence-electron chi connectivity index (χ0n) is 13.6. The summed E-state index contributed by atoms with van der Waals surface area (Å²) in [6.45, 7) is 5.33. The van der Waals surface area contributed by atoms with Crippen LogP contribution in [0.4, 0.5) is 11.4 Å². The van der Waals surface area contributed by atoms with Crippen molar-refractivity contribution in [3.8, 4) is 0 Å². The second-order valence-corrected chi connectivity index (χ2v) is 5.74. The van der Waals surface area contributed by atoms with Gasteiger partial charge < -0.3 is 5.32 Å². The van der Waals surface area contributed by atoms with Crippen LogP contribution in [0.3, 0.4) is 0 Å². The zero-order valence-corrected chi connectivity index (χ0v) is 13.6. The van der Waals surface area contributed by atoms with Gasteiger partial charge in [0, 0.05) is 23.9 Å². The van der Waals surface area contributed by atoms with Crippen molar-refractivity contribution < 1.29 is 9.72 Å². The van der Waals surface area contributed by atoms with Crippen molar-refractivity contribution in [2.24, 2.45) is 0 Å². The molecular formula is C16H18N4O4. The molecule has 0 saturated carbocycles. The van der Waals surface area contributed by atoms with Crippen molar-refractivity contribution in [3.05, 3.63) is 62.3 Å². The summed E-state index contributed by atoms with van der Waals surface area (Å²) in [5, 5.41) is 13.4. The number of aromatic nitrogens is 2. The molecule has 1 aromatic carbocycles. The summed E-state index contributed by atoms with van der Waals surface area (Å²) < 4.78 is 1.21. The molecule has 0 unspecified atom stereocenters. The van der Waals surface area contributed by atoms with E-state index >= 15 is 0 Å². The first-order valence-corrected chi connectivity index (χ1v) is 7.39. The van der Waals surface area contributed by atoms with Crippen molar-refractivity contribution in [2.45, 2.75) is 33.2 Å². The molecule has 0 aliphatic carbocycles. The Kier molecular flexibility index (Phi) is 5.08. The number of rotatable bonds is 5. The summed E-state index contributed by atoms with van der Waals surface area (Å²) in [6, 6.07) is 5.57. The van der Waals surface area contributed by atoms with Crippen LogP contribution >= 0.6 is 0 Å². The van der Waals surface area contributed by atoms with Crippen LogP contribution in [0.5, 0.6) is 0 Å². The predicted octanol–water partition coefficient (Wildman–Crippen LogP) is 2.22. The topological polar surface area (TPSA) is 107 Å². The largest absolute Gasteiger partial charge is 0.324 e. The number of carbonyl (C=O) groups is 1. The maximum absolute atomic E-state index is 12.1. The molecular weight excluding hydrogens is 312 g/mol. The van der Waals surface area contributed by atoms with E-state index in [0.717, 1.165) is 0 Å². The molecule has 1 N–H and O–H groups in total. The van der Waals surface area contributed by atoms with E-state index in [1.165, 1.54) is 35.2 Å². The Labute approximate surface area is 138 Å². The summed E-state index contributed by atoms with van der Waals surface area (Å²) in [7, 11) is 0. The standard InChI is InChI=1S/C16H18N4O4/c1-10(2)14-7-16(22)19(9-17-14)8-15(21)18-13-5-4-12(20(23)24)6-11(13)3/h4-7,9-10H,8H2,1-3H3,(H,18,21). The smallest absolute Gasteiger partial charge is 0.269 e. The molecule has 126 valence electrons. The van der Waals surface area contributed by atoms with Crippen molar-refractivity contribution in [3.63, 3.8) is 0 Å². The number of benzene rings is 1. The van der Waals surface area contributed by atoms with E-state index in [-0.39, 0.29) is 23.7 Å². The van der Waals surface area contributed by atoms with Crippen LogP contribution in [0.15, 0.2) is 35.4 Å². The number of nitrogens with zero attached hydrogens (tertiary/aromatic N) is 3. The van der Waals surface area contributed by atoms with Gasteiger partial charge in [-0.2, -0.15) is 0 Å². The Hall–Kier alpha value is -3.03. The molecule has 0 spiro atoms. The summed E-state index contributed by atoms with van der Waals surface area (Å²) >= 11 is 0. The molecule has 0 aliphatic heterocycles. The highest BCUT2D eigenvalue weighted by Gasteiger charge is 2.12. The Morgan fingerprint density at radius 2 is 2.08 bits per heavy atom. The Bertz CT molecular complexity index is 842. The lowest BCUT2D eigenvalue weighted by atomic mass is 10.1. The first kappa shape index (κ1) is 17.3. The minimum atomic E-state index is -0.500. The average molecular weight is 330 g/mol. The summed E-state index contributed by atoms with van der Waals surface area (Å²) in [5.41, 5.74) is 1.35. The number of nitrogens with one attached hydrogen (secondary N) is 1. The first-order valence-electron chi connectivity index (χ1n) is 7.39. The second kappa shape index (κ2) is 7.03. The number of amides is 1. The monoisotopic (exact) mass is 330 g/mol. The SMILES string of the molecule is Cc1cc([N+](=O)[O-])ccc1NC(=O)Cn1cnc(C(C)C)cc1=O. The molecule has 2 aromatic rings. The van der Waals surface area contributed by atoms with Crippen LogP contribution in [-0.2, 0) is 11.3 Å². The third kappa shape index (κ3) is 4.03. The average Bonchev–Trinajstić information content (AvgIpc) is 2.50.